The van der Waals surface area contributed by atoms with Crippen molar-refractivity contribution in [3.05, 3.63) is 35.4 Å². The van der Waals surface area contributed by atoms with E-state index in [-0.39, 0.29) is 18.4 Å². The number of hydrogen-bond donors (Lipinski definition) is 0. The molecule has 26 heavy (non-hydrogen) atoms. The van der Waals surface area contributed by atoms with Crippen molar-refractivity contribution in [2.24, 2.45) is 10.8 Å². The van der Waals surface area contributed by atoms with Crippen molar-refractivity contribution in [3.8, 4) is 0 Å². The highest BCUT2D eigenvalue weighted by Gasteiger charge is 2.50. The Morgan fingerprint density at radius 3 is 2.54 bits per heavy atom. The van der Waals surface area contributed by atoms with Crippen molar-refractivity contribution >= 4 is 11.8 Å². The molecule has 0 radical (unpaired) electrons. The van der Waals surface area contributed by atoms with E-state index in [2.05, 4.69) is 0 Å². The normalized spacial score (nSPS) is 23.8. The Bertz CT molecular complexity index is 729. The van der Waals surface area contributed by atoms with Crippen LogP contribution in [0.1, 0.15) is 45.6 Å². The third kappa shape index (κ3) is 3.46. The summed E-state index contributed by atoms with van der Waals surface area (Å²) < 4.78 is 26.6. The van der Waals surface area contributed by atoms with E-state index in [1.807, 2.05) is 20.8 Å². The van der Waals surface area contributed by atoms with Crippen LogP contribution in [0.5, 0.6) is 0 Å². The number of halogens is 2. The molecule has 0 N–H and O–H groups in total. The number of piperidine rings is 1. The van der Waals surface area contributed by atoms with E-state index in [1.165, 1.54) is 6.07 Å². The predicted octanol–water partition coefficient (Wildman–Crippen LogP) is 3.35. The maximum atomic E-state index is 13.5. The van der Waals surface area contributed by atoms with Crippen molar-refractivity contribution in [1.82, 2.24) is 9.80 Å². The fourth-order valence-electron chi connectivity index (χ4n) is 4.06. The van der Waals surface area contributed by atoms with Gasteiger partial charge >= 0.3 is 0 Å². The van der Waals surface area contributed by atoms with Crippen LogP contribution in [0, 0.1) is 22.5 Å². The molecule has 2 saturated heterocycles. The molecular formula is C20H26F2N2O2. The van der Waals surface area contributed by atoms with E-state index in [1.54, 1.807) is 9.80 Å². The second-order valence-corrected chi connectivity index (χ2v) is 8.59. The van der Waals surface area contributed by atoms with Crippen molar-refractivity contribution < 1.29 is 18.4 Å². The molecule has 6 heteroatoms. The Morgan fingerprint density at radius 2 is 1.88 bits per heavy atom. The van der Waals surface area contributed by atoms with Crippen molar-refractivity contribution in [2.45, 2.75) is 46.6 Å². The van der Waals surface area contributed by atoms with Gasteiger partial charge in [-0.25, -0.2) is 8.78 Å². The Balaban J connectivity index is 1.73. The first-order chi connectivity index (χ1) is 12.1. The van der Waals surface area contributed by atoms with Crippen molar-refractivity contribution in [2.75, 3.05) is 19.6 Å². The van der Waals surface area contributed by atoms with Gasteiger partial charge in [-0.1, -0.05) is 26.8 Å². The van der Waals surface area contributed by atoms with Crippen LogP contribution in [0.15, 0.2) is 18.2 Å². The lowest BCUT2D eigenvalue weighted by Gasteiger charge is -2.39. The molecule has 4 nitrogen and oxygen atoms in total. The van der Waals surface area contributed by atoms with Crippen LogP contribution < -0.4 is 0 Å². The van der Waals surface area contributed by atoms with E-state index < -0.39 is 22.5 Å². The quantitative estimate of drug-likeness (QED) is 0.807. The lowest BCUT2D eigenvalue weighted by Crippen LogP contribution is -2.50. The standard InChI is InChI=1S/C20H26F2N2O2/c1-19(2,3)17(25)24-10-8-20(13-24)7-4-9-23(18(20)26)12-14-5-6-15(21)16(22)11-14/h5-6,11H,4,7-10,12-13H2,1-3H3/t20-/m1/s1. The Hall–Kier alpha value is -1.98. The van der Waals surface area contributed by atoms with Gasteiger partial charge in [0.1, 0.15) is 0 Å². The molecule has 0 aliphatic carbocycles. The molecule has 1 spiro atoms. The summed E-state index contributed by atoms with van der Waals surface area (Å²) in [7, 11) is 0. The molecule has 2 aliphatic heterocycles. The summed E-state index contributed by atoms with van der Waals surface area (Å²) in [5.74, 6) is -1.69. The van der Waals surface area contributed by atoms with Gasteiger partial charge in [0.25, 0.3) is 0 Å². The molecule has 0 bridgehead atoms. The summed E-state index contributed by atoms with van der Waals surface area (Å²) in [5.41, 5.74) is -0.415. The first-order valence-corrected chi connectivity index (χ1v) is 9.15. The van der Waals surface area contributed by atoms with E-state index in [0.29, 0.717) is 31.6 Å². The van der Waals surface area contributed by atoms with E-state index in [4.69, 9.17) is 0 Å². The van der Waals surface area contributed by atoms with Crippen molar-refractivity contribution in [3.63, 3.8) is 0 Å². The summed E-state index contributed by atoms with van der Waals surface area (Å²) in [4.78, 5) is 29.2. The third-order valence-corrected chi connectivity index (χ3v) is 5.46. The van der Waals surface area contributed by atoms with Crippen LogP contribution in [0.4, 0.5) is 8.78 Å². The zero-order valence-electron chi connectivity index (χ0n) is 15.6. The monoisotopic (exact) mass is 364 g/mol. The Morgan fingerprint density at radius 1 is 1.15 bits per heavy atom. The number of carbonyl (C=O) groups is 2. The molecule has 0 aromatic heterocycles. The van der Waals surface area contributed by atoms with Gasteiger partial charge in [0.15, 0.2) is 11.6 Å². The maximum absolute atomic E-state index is 13.5. The second-order valence-electron chi connectivity index (χ2n) is 8.59. The molecule has 0 saturated carbocycles. The fraction of sp³-hybridized carbons (Fsp3) is 0.600. The highest BCUT2D eigenvalue weighted by Crippen LogP contribution is 2.41. The highest BCUT2D eigenvalue weighted by molar-refractivity contribution is 5.87. The zero-order chi connectivity index (χ0) is 19.1. The molecule has 1 aromatic rings. The summed E-state index contributed by atoms with van der Waals surface area (Å²) in [6, 6.07) is 3.75. The molecule has 1 atom stereocenters. The molecule has 2 heterocycles. The number of amides is 2. The van der Waals surface area contributed by atoms with Crippen LogP contribution in [-0.4, -0.2) is 41.2 Å². The highest BCUT2D eigenvalue weighted by atomic mass is 19.2. The number of benzene rings is 1. The average Bonchev–Trinajstić information content (AvgIpc) is 2.99. The van der Waals surface area contributed by atoms with Gasteiger partial charge in [0.2, 0.25) is 11.8 Å². The van der Waals surface area contributed by atoms with E-state index in [0.717, 1.165) is 25.0 Å². The Kier molecular flexibility index (Phi) is 4.80. The van der Waals surface area contributed by atoms with Crippen LogP contribution in [0.2, 0.25) is 0 Å². The minimum Gasteiger partial charge on any atom is -0.341 e. The summed E-state index contributed by atoms with van der Waals surface area (Å²) >= 11 is 0. The second kappa shape index (κ2) is 6.63. The van der Waals surface area contributed by atoms with Crippen molar-refractivity contribution in [1.29, 1.82) is 0 Å². The SMILES string of the molecule is CC(C)(C)C(=O)N1CC[C@]2(CCCN(Cc3ccc(F)c(F)c3)C2=O)C1. The topological polar surface area (TPSA) is 40.6 Å². The molecule has 2 fully saturated rings. The van der Waals surface area contributed by atoms with Crippen LogP contribution >= 0.6 is 0 Å². The lowest BCUT2D eigenvalue weighted by molar-refractivity contribution is -0.147. The minimum absolute atomic E-state index is 0.0256. The number of carbonyl (C=O) groups excluding carboxylic acids is 2. The molecule has 142 valence electrons. The van der Waals surface area contributed by atoms with Gasteiger partial charge in [0.05, 0.1) is 5.41 Å². The van der Waals surface area contributed by atoms with Gasteiger partial charge in [-0.2, -0.15) is 0 Å². The average molecular weight is 364 g/mol. The summed E-state index contributed by atoms with van der Waals surface area (Å²) in [6.45, 7) is 7.59. The van der Waals surface area contributed by atoms with Gasteiger partial charge in [0, 0.05) is 31.6 Å². The molecule has 2 aliphatic rings. The fourth-order valence-corrected chi connectivity index (χ4v) is 4.06. The minimum atomic E-state index is -0.899. The van der Waals surface area contributed by atoms with Crippen LogP contribution in [0.3, 0.4) is 0 Å². The predicted molar refractivity (Wildman–Crippen MR) is 94.1 cm³/mol. The van der Waals surface area contributed by atoms with E-state index >= 15 is 0 Å². The number of hydrogen-bond acceptors (Lipinski definition) is 2. The van der Waals surface area contributed by atoms with Gasteiger partial charge in [-0.3, -0.25) is 9.59 Å². The lowest BCUT2D eigenvalue weighted by atomic mass is 9.78. The molecule has 2 amide bonds. The third-order valence-electron chi connectivity index (χ3n) is 5.46. The number of nitrogens with zero attached hydrogens (tertiary/aromatic N) is 2. The van der Waals surface area contributed by atoms with Crippen LogP contribution in [-0.2, 0) is 16.1 Å². The van der Waals surface area contributed by atoms with Crippen LogP contribution in [0.25, 0.3) is 0 Å². The largest absolute Gasteiger partial charge is 0.341 e. The zero-order valence-corrected chi connectivity index (χ0v) is 15.6. The summed E-state index contributed by atoms with van der Waals surface area (Å²) in [6.07, 6.45) is 2.29. The number of rotatable bonds is 2. The molecule has 1 aromatic carbocycles. The summed E-state index contributed by atoms with van der Waals surface area (Å²) in [5, 5.41) is 0. The van der Waals surface area contributed by atoms with E-state index in [9.17, 15) is 18.4 Å². The van der Waals surface area contributed by atoms with Gasteiger partial charge < -0.3 is 9.80 Å². The molecular weight excluding hydrogens is 338 g/mol. The smallest absolute Gasteiger partial charge is 0.230 e. The molecule has 3 rings (SSSR count). The first kappa shape index (κ1) is 18.8. The Labute approximate surface area is 153 Å². The molecule has 0 unspecified atom stereocenters. The maximum Gasteiger partial charge on any atom is 0.230 e. The first-order valence-electron chi connectivity index (χ1n) is 9.15. The van der Waals surface area contributed by atoms with Gasteiger partial charge in [-0.05, 0) is 37.0 Å². The number of likely N-dealkylation sites (tertiary alicyclic amines) is 2. The van der Waals surface area contributed by atoms with Gasteiger partial charge in [-0.15, -0.1) is 0 Å².